The van der Waals surface area contributed by atoms with Crippen molar-refractivity contribution in [3.05, 3.63) is 63.4 Å². The van der Waals surface area contributed by atoms with Gasteiger partial charge in [0.05, 0.1) is 5.02 Å². The lowest BCUT2D eigenvalue weighted by atomic mass is 10.1. The predicted octanol–water partition coefficient (Wildman–Crippen LogP) is 4.43. The predicted molar refractivity (Wildman–Crippen MR) is 80.0 cm³/mol. The zero-order valence-electron chi connectivity index (χ0n) is 10.9. The fourth-order valence-electron chi connectivity index (χ4n) is 1.80. The average molecular weight is 314 g/mol. The maximum absolute atomic E-state index is 13.7. The topological polar surface area (TPSA) is 21.3 Å². The summed E-state index contributed by atoms with van der Waals surface area (Å²) in [5.74, 6) is 0.185. The molecule has 0 aliphatic rings. The van der Waals surface area contributed by atoms with Crippen molar-refractivity contribution in [2.45, 2.75) is 13.2 Å². The monoisotopic (exact) mass is 313 g/mol. The van der Waals surface area contributed by atoms with Gasteiger partial charge in [0.1, 0.15) is 18.2 Å². The summed E-state index contributed by atoms with van der Waals surface area (Å²) in [7, 11) is 1.84. The molecule has 0 radical (unpaired) electrons. The molecule has 0 fully saturated rings. The Bertz CT molecular complexity index is 604. The second-order valence-electron chi connectivity index (χ2n) is 4.32. The van der Waals surface area contributed by atoms with Crippen molar-refractivity contribution in [2.75, 3.05) is 7.05 Å². The number of rotatable bonds is 5. The third kappa shape index (κ3) is 3.85. The molecule has 20 heavy (non-hydrogen) atoms. The minimum Gasteiger partial charge on any atom is -0.487 e. The summed E-state index contributed by atoms with van der Waals surface area (Å²) in [6, 6.07) is 9.89. The molecule has 0 aliphatic heterocycles. The van der Waals surface area contributed by atoms with Gasteiger partial charge in [0.2, 0.25) is 0 Å². The van der Waals surface area contributed by atoms with E-state index >= 15 is 0 Å². The van der Waals surface area contributed by atoms with Crippen molar-refractivity contribution in [3.8, 4) is 5.75 Å². The lowest BCUT2D eigenvalue weighted by Crippen LogP contribution is -2.07. The van der Waals surface area contributed by atoms with Gasteiger partial charge >= 0.3 is 0 Å². The second-order valence-corrected chi connectivity index (χ2v) is 5.16. The van der Waals surface area contributed by atoms with Crippen LogP contribution >= 0.6 is 23.2 Å². The molecule has 1 N–H and O–H groups in total. The van der Waals surface area contributed by atoms with Gasteiger partial charge in [-0.3, -0.25) is 0 Å². The number of halogens is 3. The highest BCUT2D eigenvalue weighted by Gasteiger charge is 2.07. The second kappa shape index (κ2) is 6.93. The smallest absolute Gasteiger partial charge is 0.138 e. The fourth-order valence-corrected chi connectivity index (χ4v) is 2.26. The summed E-state index contributed by atoms with van der Waals surface area (Å²) in [4.78, 5) is 0. The Hall–Kier alpha value is -1.29. The Morgan fingerprint density at radius 1 is 1.15 bits per heavy atom. The molecule has 0 bridgehead atoms. The molecule has 0 aromatic heterocycles. The summed E-state index contributed by atoms with van der Waals surface area (Å²) in [6.45, 7) is 0.791. The largest absolute Gasteiger partial charge is 0.487 e. The van der Waals surface area contributed by atoms with E-state index in [9.17, 15) is 4.39 Å². The molecule has 2 aromatic rings. The zero-order chi connectivity index (χ0) is 14.5. The van der Waals surface area contributed by atoms with E-state index in [2.05, 4.69) is 5.32 Å². The summed E-state index contributed by atoms with van der Waals surface area (Å²) in [5.41, 5.74) is 1.48. The van der Waals surface area contributed by atoms with Crippen LogP contribution in [-0.4, -0.2) is 7.05 Å². The molecule has 0 aliphatic carbocycles. The SMILES string of the molecule is CNCc1ccc(F)c(COc2ccc(Cl)cc2Cl)c1. The molecule has 0 spiro atoms. The first-order chi connectivity index (χ1) is 9.60. The number of benzene rings is 2. The Kier molecular flexibility index (Phi) is 5.24. The van der Waals surface area contributed by atoms with Gasteiger partial charge in [-0.2, -0.15) is 0 Å². The van der Waals surface area contributed by atoms with Gasteiger partial charge < -0.3 is 10.1 Å². The molecule has 2 rings (SSSR count). The maximum atomic E-state index is 13.7. The van der Waals surface area contributed by atoms with Gasteiger partial charge in [0.15, 0.2) is 0 Å². The van der Waals surface area contributed by atoms with Gasteiger partial charge in [-0.1, -0.05) is 29.3 Å². The number of nitrogens with one attached hydrogen (secondary N) is 1. The lowest BCUT2D eigenvalue weighted by Gasteiger charge is -2.10. The van der Waals surface area contributed by atoms with Crippen LogP contribution in [0.2, 0.25) is 10.0 Å². The van der Waals surface area contributed by atoms with Crippen LogP contribution in [0, 0.1) is 5.82 Å². The van der Waals surface area contributed by atoms with E-state index in [-0.39, 0.29) is 12.4 Å². The first kappa shape index (κ1) is 15.1. The van der Waals surface area contributed by atoms with Crippen LogP contribution in [0.1, 0.15) is 11.1 Å². The standard InChI is InChI=1S/C15H14Cl2FNO/c1-19-8-10-2-4-14(18)11(6-10)9-20-15-5-3-12(16)7-13(15)17/h2-7,19H,8-9H2,1H3. The van der Waals surface area contributed by atoms with Crippen LogP contribution in [0.25, 0.3) is 0 Å². The zero-order valence-corrected chi connectivity index (χ0v) is 12.4. The third-order valence-corrected chi connectivity index (χ3v) is 3.30. The molecule has 0 amide bonds. The average Bonchev–Trinajstić information content (AvgIpc) is 2.41. The van der Waals surface area contributed by atoms with Crippen molar-refractivity contribution in [2.24, 2.45) is 0 Å². The highest BCUT2D eigenvalue weighted by molar-refractivity contribution is 6.35. The van der Waals surface area contributed by atoms with Gasteiger partial charge in [0, 0.05) is 17.1 Å². The highest BCUT2D eigenvalue weighted by atomic mass is 35.5. The minimum absolute atomic E-state index is 0.116. The van der Waals surface area contributed by atoms with Crippen LogP contribution in [0.3, 0.4) is 0 Å². The molecule has 0 saturated heterocycles. The van der Waals surface area contributed by atoms with Crippen LogP contribution in [0.4, 0.5) is 4.39 Å². The molecular weight excluding hydrogens is 300 g/mol. The molecule has 2 aromatic carbocycles. The van der Waals surface area contributed by atoms with E-state index in [1.165, 1.54) is 6.07 Å². The third-order valence-electron chi connectivity index (χ3n) is 2.77. The number of hydrogen-bond acceptors (Lipinski definition) is 2. The summed E-state index contributed by atoms with van der Waals surface area (Å²) >= 11 is 11.8. The van der Waals surface area contributed by atoms with Crippen LogP contribution < -0.4 is 10.1 Å². The van der Waals surface area contributed by atoms with Gasteiger partial charge in [-0.05, 0) is 42.9 Å². The molecule has 106 valence electrons. The van der Waals surface area contributed by atoms with Crippen molar-refractivity contribution in [1.82, 2.24) is 5.32 Å². The van der Waals surface area contributed by atoms with E-state index in [4.69, 9.17) is 27.9 Å². The Morgan fingerprint density at radius 2 is 1.95 bits per heavy atom. The van der Waals surface area contributed by atoms with Crippen molar-refractivity contribution in [3.63, 3.8) is 0 Å². The van der Waals surface area contributed by atoms with Gasteiger partial charge in [-0.15, -0.1) is 0 Å². The van der Waals surface area contributed by atoms with E-state index in [1.54, 1.807) is 30.3 Å². The van der Waals surface area contributed by atoms with Crippen LogP contribution in [0.5, 0.6) is 5.75 Å². The lowest BCUT2D eigenvalue weighted by molar-refractivity contribution is 0.300. The molecule has 2 nitrogen and oxygen atoms in total. The molecule has 0 unspecified atom stereocenters. The van der Waals surface area contributed by atoms with Crippen LogP contribution in [0.15, 0.2) is 36.4 Å². The van der Waals surface area contributed by atoms with Gasteiger partial charge in [-0.25, -0.2) is 4.39 Å². The highest BCUT2D eigenvalue weighted by Crippen LogP contribution is 2.28. The Morgan fingerprint density at radius 3 is 2.65 bits per heavy atom. The fraction of sp³-hybridized carbons (Fsp3) is 0.200. The van der Waals surface area contributed by atoms with Crippen molar-refractivity contribution < 1.29 is 9.13 Å². The van der Waals surface area contributed by atoms with Gasteiger partial charge in [0.25, 0.3) is 0 Å². The van der Waals surface area contributed by atoms with Crippen molar-refractivity contribution in [1.29, 1.82) is 0 Å². The van der Waals surface area contributed by atoms with Crippen LogP contribution in [-0.2, 0) is 13.2 Å². The minimum atomic E-state index is -0.296. The van der Waals surface area contributed by atoms with E-state index in [0.717, 1.165) is 5.56 Å². The first-order valence-corrected chi connectivity index (χ1v) is 6.85. The maximum Gasteiger partial charge on any atom is 0.138 e. The Balaban J connectivity index is 2.11. The molecule has 5 heteroatoms. The van der Waals surface area contributed by atoms with Crippen molar-refractivity contribution >= 4 is 23.2 Å². The summed E-state index contributed by atoms with van der Waals surface area (Å²) in [5, 5.41) is 3.96. The number of hydrogen-bond donors (Lipinski definition) is 1. The number of ether oxygens (including phenoxy) is 1. The van der Waals surface area contributed by atoms with E-state index in [1.807, 2.05) is 7.05 Å². The molecule has 0 saturated carbocycles. The van der Waals surface area contributed by atoms with E-state index in [0.29, 0.717) is 27.9 Å². The molecule has 0 heterocycles. The summed E-state index contributed by atoms with van der Waals surface area (Å²) in [6.07, 6.45) is 0. The molecular formula is C15H14Cl2FNO. The summed E-state index contributed by atoms with van der Waals surface area (Å²) < 4.78 is 19.3. The molecule has 0 atom stereocenters. The quantitative estimate of drug-likeness (QED) is 0.881. The first-order valence-electron chi connectivity index (χ1n) is 6.10. The van der Waals surface area contributed by atoms with E-state index < -0.39 is 0 Å². The normalized spacial score (nSPS) is 10.6. The Labute approximate surface area is 127 Å².